The Labute approximate surface area is 198 Å². The van der Waals surface area contributed by atoms with Crippen LogP contribution in [0, 0.1) is 6.92 Å². The monoisotopic (exact) mass is 454 g/mol. The highest BCUT2D eigenvalue weighted by Gasteiger charge is 2.49. The number of thiophene rings is 1. The molecule has 1 aromatic heterocycles. The third kappa shape index (κ3) is 2.45. The molecule has 2 heterocycles. The lowest BCUT2D eigenvalue weighted by Crippen LogP contribution is -2.72. The number of fused-ring (bicyclic) bond motifs is 7. The zero-order valence-corrected chi connectivity index (χ0v) is 20.2. The van der Waals surface area contributed by atoms with Crippen molar-refractivity contribution in [1.29, 1.82) is 0 Å². The first-order valence-corrected chi connectivity index (χ1v) is 14.3. The zero-order valence-electron chi connectivity index (χ0n) is 18.4. The minimum absolute atomic E-state index is 1.38. The molecule has 1 aliphatic rings. The Bertz CT molecular complexity index is 1620. The average molecular weight is 455 g/mol. The van der Waals surface area contributed by atoms with Crippen molar-refractivity contribution in [3.63, 3.8) is 0 Å². The summed E-state index contributed by atoms with van der Waals surface area (Å²) >= 11 is 1.96. The molecule has 0 radical (unpaired) electrons. The summed E-state index contributed by atoms with van der Waals surface area (Å²) < 4.78 is 2.82. The van der Waals surface area contributed by atoms with Crippen molar-refractivity contribution in [3.8, 4) is 11.1 Å². The van der Waals surface area contributed by atoms with Crippen molar-refractivity contribution in [1.82, 2.24) is 0 Å². The molecule has 0 N–H and O–H groups in total. The number of rotatable bonds is 2. The molecule has 0 atom stereocenters. The fourth-order valence-corrected chi connectivity index (χ4v) is 12.7. The molecule has 0 spiro atoms. The standard InChI is InChI=1S/C31H22SSi/c1-21-20-28-30(31-29(21)24-16-8-10-18-26(24)32-31)25-17-9-11-19-27(25)33(28,22-12-4-2-5-13-22)23-14-6-3-7-15-23/h2-20H,1H3. The molecule has 0 unspecified atom stereocenters. The van der Waals surface area contributed by atoms with Crippen LogP contribution in [0.2, 0.25) is 0 Å². The second kappa shape index (κ2) is 7.02. The minimum Gasteiger partial charge on any atom is -0.135 e. The van der Waals surface area contributed by atoms with Gasteiger partial charge in [0.1, 0.15) is 0 Å². The molecule has 2 heteroatoms. The molecule has 0 fully saturated rings. The zero-order chi connectivity index (χ0) is 22.0. The summed E-state index contributed by atoms with van der Waals surface area (Å²) in [5, 5.41) is 8.79. The topological polar surface area (TPSA) is 0 Å². The maximum atomic E-state index is 2.53. The lowest BCUT2D eigenvalue weighted by Gasteiger charge is -2.31. The molecule has 0 aliphatic carbocycles. The summed E-state index contributed by atoms with van der Waals surface area (Å²) in [6, 6.07) is 43.1. The molecule has 33 heavy (non-hydrogen) atoms. The molecule has 1 aliphatic heterocycles. The molecule has 6 aromatic rings. The summed E-state index contributed by atoms with van der Waals surface area (Å²) in [6.45, 7) is 2.31. The molecule has 0 bridgehead atoms. The van der Waals surface area contributed by atoms with Crippen LogP contribution >= 0.6 is 11.3 Å². The number of hydrogen-bond donors (Lipinski definition) is 0. The fourth-order valence-electron chi connectivity index (χ4n) is 6.00. The molecular weight excluding hydrogens is 432 g/mol. The Morgan fingerprint density at radius 1 is 0.606 bits per heavy atom. The largest absolute Gasteiger partial charge is 0.180 e. The molecule has 5 aromatic carbocycles. The third-order valence-electron chi connectivity index (χ3n) is 7.27. The summed E-state index contributed by atoms with van der Waals surface area (Å²) in [5.74, 6) is 0. The number of benzene rings is 5. The van der Waals surface area contributed by atoms with Gasteiger partial charge in [0.25, 0.3) is 0 Å². The van der Waals surface area contributed by atoms with E-state index in [0.29, 0.717) is 0 Å². The van der Waals surface area contributed by atoms with E-state index in [9.17, 15) is 0 Å². The number of hydrogen-bond acceptors (Lipinski definition) is 1. The Kier molecular flexibility index (Phi) is 4.05. The third-order valence-corrected chi connectivity index (χ3v) is 13.3. The molecule has 0 amide bonds. The van der Waals surface area contributed by atoms with E-state index in [0.717, 1.165) is 0 Å². The Balaban J connectivity index is 1.73. The van der Waals surface area contributed by atoms with Crippen molar-refractivity contribution >= 4 is 60.3 Å². The molecule has 156 valence electrons. The van der Waals surface area contributed by atoms with E-state index in [-0.39, 0.29) is 0 Å². The second-order valence-corrected chi connectivity index (χ2v) is 13.7. The van der Waals surface area contributed by atoms with Crippen LogP contribution in [0.15, 0.2) is 115 Å². The Hall–Kier alpha value is -3.46. The van der Waals surface area contributed by atoms with Crippen LogP contribution in [0.4, 0.5) is 0 Å². The van der Waals surface area contributed by atoms with Crippen LogP contribution in [0.1, 0.15) is 5.56 Å². The van der Waals surface area contributed by atoms with Crippen LogP contribution in [0.3, 0.4) is 0 Å². The maximum absolute atomic E-state index is 2.53. The van der Waals surface area contributed by atoms with Crippen molar-refractivity contribution in [2.24, 2.45) is 0 Å². The SMILES string of the molecule is Cc1cc2c(c3sc4ccccc4c13)-c1ccccc1[Si]2(c1ccccc1)c1ccccc1. The van der Waals surface area contributed by atoms with Gasteiger partial charge in [-0.2, -0.15) is 0 Å². The van der Waals surface area contributed by atoms with Crippen LogP contribution in [0.5, 0.6) is 0 Å². The quantitative estimate of drug-likeness (QED) is 0.293. The normalized spacial score (nSPS) is 13.8. The highest BCUT2D eigenvalue weighted by atomic mass is 32.1. The van der Waals surface area contributed by atoms with Crippen LogP contribution in [-0.2, 0) is 0 Å². The van der Waals surface area contributed by atoms with E-state index in [1.54, 1.807) is 0 Å². The van der Waals surface area contributed by atoms with E-state index in [1.165, 1.54) is 57.6 Å². The van der Waals surface area contributed by atoms with Gasteiger partial charge in [-0.05, 0) is 50.4 Å². The van der Waals surface area contributed by atoms with Gasteiger partial charge in [-0.15, -0.1) is 11.3 Å². The van der Waals surface area contributed by atoms with E-state index in [1.807, 2.05) is 11.3 Å². The summed E-state index contributed by atoms with van der Waals surface area (Å²) in [4.78, 5) is 0. The van der Waals surface area contributed by atoms with E-state index in [4.69, 9.17) is 0 Å². The molecule has 0 saturated carbocycles. The minimum atomic E-state index is -2.42. The molecule has 0 nitrogen and oxygen atoms in total. The van der Waals surface area contributed by atoms with E-state index in [2.05, 4.69) is 122 Å². The molecular formula is C31H22SSi. The first-order valence-electron chi connectivity index (χ1n) is 11.5. The van der Waals surface area contributed by atoms with Crippen LogP contribution in [0.25, 0.3) is 31.3 Å². The van der Waals surface area contributed by atoms with Crippen molar-refractivity contribution in [2.45, 2.75) is 6.92 Å². The Morgan fingerprint density at radius 2 is 1.21 bits per heavy atom. The predicted octanol–water partition coefficient (Wildman–Crippen LogP) is 5.72. The van der Waals surface area contributed by atoms with Gasteiger partial charge in [0.15, 0.2) is 8.07 Å². The Morgan fingerprint density at radius 3 is 1.94 bits per heavy atom. The van der Waals surface area contributed by atoms with Gasteiger partial charge in [0, 0.05) is 20.2 Å². The highest BCUT2D eigenvalue weighted by Crippen LogP contribution is 2.43. The van der Waals surface area contributed by atoms with Crippen molar-refractivity contribution < 1.29 is 0 Å². The van der Waals surface area contributed by atoms with Crippen LogP contribution in [-0.4, -0.2) is 8.07 Å². The van der Waals surface area contributed by atoms with Gasteiger partial charge in [-0.3, -0.25) is 0 Å². The van der Waals surface area contributed by atoms with Crippen molar-refractivity contribution in [3.05, 3.63) is 121 Å². The van der Waals surface area contributed by atoms with E-state index < -0.39 is 8.07 Å². The van der Waals surface area contributed by atoms with Crippen LogP contribution < -0.4 is 20.7 Å². The summed E-state index contributed by atoms with van der Waals surface area (Å²) in [5.41, 5.74) is 4.27. The smallest absolute Gasteiger partial charge is 0.135 e. The van der Waals surface area contributed by atoms with Gasteiger partial charge < -0.3 is 0 Å². The summed E-state index contributed by atoms with van der Waals surface area (Å²) in [6.07, 6.45) is 0. The van der Waals surface area contributed by atoms with Gasteiger partial charge >= 0.3 is 0 Å². The first kappa shape index (κ1) is 19.0. The summed E-state index contributed by atoms with van der Waals surface area (Å²) in [7, 11) is -2.42. The first-order chi connectivity index (χ1) is 16.3. The van der Waals surface area contributed by atoms with Gasteiger partial charge in [-0.1, -0.05) is 109 Å². The fraction of sp³-hybridized carbons (Fsp3) is 0.0323. The van der Waals surface area contributed by atoms with Gasteiger partial charge in [0.2, 0.25) is 0 Å². The number of aryl methyl sites for hydroxylation is 1. The van der Waals surface area contributed by atoms with Gasteiger partial charge in [0.05, 0.1) is 0 Å². The maximum Gasteiger partial charge on any atom is 0.180 e. The lowest BCUT2D eigenvalue weighted by atomic mass is 9.99. The van der Waals surface area contributed by atoms with Gasteiger partial charge in [-0.25, -0.2) is 0 Å². The second-order valence-electron chi connectivity index (χ2n) is 8.95. The predicted molar refractivity (Wildman–Crippen MR) is 147 cm³/mol. The lowest BCUT2D eigenvalue weighted by molar-refractivity contribution is 1.57. The van der Waals surface area contributed by atoms with E-state index >= 15 is 0 Å². The highest BCUT2D eigenvalue weighted by molar-refractivity contribution is 7.28. The molecule has 0 saturated heterocycles. The van der Waals surface area contributed by atoms with Crippen molar-refractivity contribution in [2.75, 3.05) is 0 Å². The molecule has 7 rings (SSSR count). The average Bonchev–Trinajstić information content (AvgIpc) is 3.40.